The second-order valence-corrected chi connectivity index (χ2v) is 11.9. The smallest absolute Gasteiger partial charge is 0.235 e. The van der Waals surface area contributed by atoms with Crippen LogP contribution in [0.15, 0.2) is 133 Å². The minimum atomic E-state index is -0.108. The Morgan fingerprint density at radius 1 is 0.512 bits per heavy atom. The lowest BCUT2D eigenvalue weighted by Gasteiger charge is -2.18. The van der Waals surface area contributed by atoms with E-state index < -0.39 is 0 Å². The van der Waals surface area contributed by atoms with Gasteiger partial charge in [-0.25, -0.2) is 9.97 Å². The summed E-state index contributed by atoms with van der Waals surface area (Å²) in [5.74, 6) is 0.671. The molecule has 4 heterocycles. The molecule has 1 aliphatic heterocycles. The van der Waals surface area contributed by atoms with Crippen molar-refractivity contribution in [3.05, 3.63) is 145 Å². The van der Waals surface area contributed by atoms with Crippen molar-refractivity contribution in [1.29, 1.82) is 0 Å². The van der Waals surface area contributed by atoms with E-state index in [1.807, 2.05) is 12.1 Å². The fourth-order valence-electron chi connectivity index (χ4n) is 7.05. The molecule has 0 saturated carbocycles. The number of benzene rings is 5. The van der Waals surface area contributed by atoms with Crippen molar-refractivity contribution in [2.24, 2.45) is 0 Å². The first-order chi connectivity index (χ1) is 21.1. The van der Waals surface area contributed by atoms with Gasteiger partial charge in [0.05, 0.1) is 27.9 Å². The summed E-state index contributed by atoms with van der Waals surface area (Å²) < 4.78 is 4.73. The van der Waals surface area contributed by atoms with Gasteiger partial charge in [0.1, 0.15) is 0 Å². The van der Waals surface area contributed by atoms with Gasteiger partial charge in [-0.2, -0.15) is 0 Å². The van der Waals surface area contributed by atoms with Crippen molar-refractivity contribution in [3.8, 4) is 34.2 Å². The Labute approximate surface area is 249 Å². The molecule has 5 aromatic carbocycles. The lowest BCUT2D eigenvalue weighted by atomic mass is 9.83. The third kappa shape index (κ3) is 3.38. The van der Waals surface area contributed by atoms with E-state index in [2.05, 4.69) is 144 Å². The molecular formula is C39H28N4. The van der Waals surface area contributed by atoms with Crippen LogP contribution in [0.25, 0.3) is 66.9 Å². The Bertz CT molecular complexity index is 2300. The molecule has 9 rings (SSSR count). The molecule has 0 N–H and O–H groups in total. The zero-order valence-corrected chi connectivity index (χ0v) is 24.0. The van der Waals surface area contributed by atoms with Gasteiger partial charge < -0.3 is 4.57 Å². The number of hydrogen-bond donors (Lipinski definition) is 0. The Hall–Kier alpha value is -5.48. The van der Waals surface area contributed by atoms with Gasteiger partial charge in [0.25, 0.3) is 0 Å². The van der Waals surface area contributed by atoms with Crippen molar-refractivity contribution >= 4 is 32.7 Å². The van der Waals surface area contributed by atoms with E-state index in [1.54, 1.807) is 0 Å². The van der Waals surface area contributed by atoms with Gasteiger partial charge in [-0.1, -0.05) is 117 Å². The summed E-state index contributed by atoms with van der Waals surface area (Å²) in [5, 5.41) is 3.61. The summed E-state index contributed by atoms with van der Waals surface area (Å²) in [7, 11) is 0. The van der Waals surface area contributed by atoms with Crippen molar-refractivity contribution < 1.29 is 0 Å². The largest absolute Gasteiger partial charge is 0.312 e. The van der Waals surface area contributed by atoms with Gasteiger partial charge in [-0.05, 0) is 35.9 Å². The molecule has 4 heteroatoms. The molecule has 0 aliphatic carbocycles. The molecule has 0 atom stereocenters. The van der Waals surface area contributed by atoms with Crippen molar-refractivity contribution in [3.63, 3.8) is 0 Å². The number of para-hydroxylation sites is 2. The average Bonchev–Trinajstić information content (AvgIpc) is 3.69. The number of aromatic nitrogens is 4. The topological polar surface area (TPSA) is 35.6 Å². The molecule has 3 aromatic heterocycles. The highest BCUT2D eigenvalue weighted by Gasteiger charge is 2.37. The van der Waals surface area contributed by atoms with Crippen LogP contribution in [0.5, 0.6) is 0 Å². The molecule has 0 spiro atoms. The molecule has 204 valence electrons. The normalized spacial score (nSPS) is 13.5. The minimum Gasteiger partial charge on any atom is -0.312 e. The maximum absolute atomic E-state index is 5.25. The van der Waals surface area contributed by atoms with Crippen LogP contribution in [0, 0.1) is 0 Å². The maximum Gasteiger partial charge on any atom is 0.235 e. The van der Waals surface area contributed by atoms with E-state index >= 15 is 0 Å². The van der Waals surface area contributed by atoms with Gasteiger partial charge in [0.2, 0.25) is 5.95 Å². The quantitative estimate of drug-likeness (QED) is 0.219. The van der Waals surface area contributed by atoms with E-state index in [1.165, 1.54) is 38.6 Å². The summed E-state index contributed by atoms with van der Waals surface area (Å²) in [5.41, 5.74) is 11.2. The molecular weight excluding hydrogens is 524 g/mol. The third-order valence-electron chi connectivity index (χ3n) is 9.13. The highest BCUT2D eigenvalue weighted by Crippen LogP contribution is 2.48. The molecule has 4 nitrogen and oxygen atoms in total. The Balaban J connectivity index is 1.41. The Kier molecular flexibility index (Phi) is 4.92. The molecule has 0 amide bonds. The number of hydrogen-bond acceptors (Lipinski definition) is 2. The van der Waals surface area contributed by atoms with Crippen molar-refractivity contribution in [2.75, 3.05) is 0 Å². The molecule has 1 aliphatic rings. The van der Waals surface area contributed by atoms with Crippen LogP contribution in [0.1, 0.15) is 25.1 Å². The summed E-state index contributed by atoms with van der Waals surface area (Å²) >= 11 is 0. The van der Waals surface area contributed by atoms with Crippen LogP contribution in [-0.4, -0.2) is 19.1 Å². The van der Waals surface area contributed by atoms with Gasteiger partial charge >= 0.3 is 0 Å². The first-order valence-electron chi connectivity index (χ1n) is 14.8. The standard InChI is InChI=1S/C39H28N4/c1-39(2)30-18-10-12-20-35(30)42-34-22-21-28-27-17-9-11-19-33(27)43(37(28)29(34)23-36(39)42)38-40-31(25-13-5-3-6-14-25)24-32(41-38)26-15-7-4-8-16-26/h3-24H,1-2H3. The van der Waals surface area contributed by atoms with Crippen LogP contribution in [0.3, 0.4) is 0 Å². The molecule has 0 unspecified atom stereocenters. The van der Waals surface area contributed by atoms with Gasteiger partial charge in [0.15, 0.2) is 0 Å². The predicted molar refractivity (Wildman–Crippen MR) is 176 cm³/mol. The van der Waals surface area contributed by atoms with E-state index in [4.69, 9.17) is 9.97 Å². The van der Waals surface area contributed by atoms with E-state index in [0.29, 0.717) is 5.95 Å². The minimum absolute atomic E-state index is 0.108. The summed E-state index contributed by atoms with van der Waals surface area (Å²) in [6, 6.07) is 47.2. The number of rotatable bonds is 3. The first kappa shape index (κ1) is 24.2. The van der Waals surface area contributed by atoms with Crippen molar-refractivity contribution in [2.45, 2.75) is 19.3 Å². The Morgan fingerprint density at radius 3 is 1.84 bits per heavy atom. The Morgan fingerprint density at radius 2 is 1.12 bits per heavy atom. The van der Waals surface area contributed by atoms with Gasteiger partial charge in [-0.15, -0.1) is 0 Å². The molecule has 0 radical (unpaired) electrons. The lowest BCUT2D eigenvalue weighted by molar-refractivity contribution is 0.645. The van der Waals surface area contributed by atoms with Crippen LogP contribution in [0.2, 0.25) is 0 Å². The fraction of sp³-hybridized carbons (Fsp3) is 0.0769. The summed E-state index contributed by atoms with van der Waals surface area (Å²) in [6.45, 7) is 4.66. The average molecular weight is 553 g/mol. The second kappa shape index (κ2) is 8.76. The summed E-state index contributed by atoms with van der Waals surface area (Å²) in [6.07, 6.45) is 0. The van der Waals surface area contributed by atoms with Crippen LogP contribution < -0.4 is 0 Å². The maximum atomic E-state index is 5.25. The molecule has 0 bridgehead atoms. The first-order valence-corrected chi connectivity index (χ1v) is 14.8. The molecule has 0 fully saturated rings. The van der Waals surface area contributed by atoms with Crippen LogP contribution in [0.4, 0.5) is 0 Å². The fourth-order valence-corrected chi connectivity index (χ4v) is 7.05. The monoisotopic (exact) mass is 552 g/mol. The lowest BCUT2D eigenvalue weighted by Crippen LogP contribution is -2.14. The van der Waals surface area contributed by atoms with E-state index in [-0.39, 0.29) is 5.41 Å². The molecule has 43 heavy (non-hydrogen) atoms. The highest BCUT2D eigenvalue weighted by atomic mass is 15.2. The third-order valence-corrected chi connectivity index (χ3v) is 9.13. The number of nitrogens with zero attached hydrogens (tertiary/aromatic N) is 4. The van der Waals surface area contributed by atoms with Gasteiger partial charge in [-0.3, -0.25) is 4.57 Å². The summed E-state index contributed by atoms with van der Waals surface area (Å²) in [4.78, 5) is 10.5. The SMILES string of the molecule is CC1(C)c2ccccc2-n2c1cc1c2ccc2c3ccccc3n(-c3nc(-c4ccccc4)cc(-c4ccccc4)n3)c21. The van der Waals surface area contributed by atoms with E-state index in [9.17, 15) is 0 Å². The molecule has 8 aromatic rings. The predicted octanol–water partition coefficient (Wildman–Crippen LogP) is 9.49. The zero-order valence-electron chi connectivity index (χ0n) is 24.0. The zero-order chi connectivity index (χ0) is 28.7. The van der Waals surface area contributed by atoms with Crippen molar-refractivity contribution in [1.82, 2.24) is 19.1 Å². The second-order valence-electron chi connectivity index (χ2n) is 11.9. The highest BCUT2D eigenvalue weighted by molar-refractivity contribution is 6.18. The van der Waals surface area contributed by atoms with Gasteiger partial charge in [0, 0.05) is 44.1 Å². The van der Waals surface area contributed by atoms with Crippen LogP contribution in [-0.2, 0) is 5.41 Å². The molecule has 0 saturated heterocycles. The number of fused-ring (bicyclic) bond motifs is 9. The van der Waals surface area contributed by atoms with Crippen LogP contribution >= 0.6 is 0 Å². The van der Waals surface area contributed by atoms with E-state index in [0.717, 1.165) is 33.5 Å².